The minimum atomic E-state index is -1.92. The minimum absolute atomic E-state index is 0.520. The van der Waals surface area contributed by atoms with Gasteiger partial charge in [-0.1, -0.05) is 5.92 Å². The van der Waals surface area contributed by atoms with Crippen LogP contribution in [0.5, 0.6) is 0 Å². The Balaban J connectivity index is 2.51. The third kappa shape index (κ3) is 1.95. The number of halogens is 1. The second-order valence-electron chi connectivity index (χ2n) is 4.28. The van der Waals surface area contributed by atoms with Gasteiger partial charge in [0.05, 0.1) is 12.8 Å². The van der Waals surface area contributed by atoms with Crippen molar-refractivity contribution in [2.24, 2.45) is 0 Å². The van der Waals surface area contributed by atoms with Gasteiger partial charge in [-0.25, -0.2) is 4.79 Å². The van der Waals surface area contributed by atoms with Crippen LogP contribution in [0, 0.1) is 18.2 Å². The van der Waals surface area contributed by atoms with Gasteiger partial charge in [0.25, 0.3) is 5.56 Å². The zero-order valence-corrected chi connectivity index (χ0v) is 9.99. The molecule has 108 valence electrons. The fourth-order valence-corrected chi connectivity index (χ4v) is 1.95. The first-order valence-corrected chi connectivity index (χ1v) is 5.50. The van der Waals surface area contributed by atoms with Crippen molar-refractivity contribution in [3.05, 3.63) is 32.9 Å². The molecule has 1 aromatic rings. The molecule has 4 N–H and O–H groups in total. The van der Waals surface area contributed by atoms with Gasteiger partial charge < -0.3 is 20.1 Å². The molecule has 1 fully saturated rings. The van der Waals surface area contributed by atoms with Crippen molar-refractivity contribution in [1.29, 1.82) is 0 Å². The summed E-state index contributed by atoms with van der Waals surface area (Å²) in [5.41, 5.74) is -4.21. The Morgan fingerprint density at radius 3 is 2.70 bits per heavy atom. The van der Waals surface area contributed by atoms with Crippen molar-refractivity contribution in [1.82, 2.24) is 9.55 Å². The van der Waals surface area contributed by atoms with Gasteiger partial charge in [-0.15, -0.1) is 6.42 Å². The summed E-state index contributed by atoms with van der Waals surface area (Å²) in [6.45, 7) is -0.821. The summed E-state index contributed by atoms with van der Waals surface area (Å²) in [6.07, 6.45) is 0.726. The van der Waals surface area contributed by atoms with E-state index in [9.17, 15) is 29.3 Å². The molecule has 8 nitrogen and oxygen atoms in total. The number of terminal acetylenes is 1. The van der Waals surface area contributed by atoms with Crippen LogP contribution >= 0.6 is 0 Å². The first kappa shape index (κ1) is 14.4. The summed E-state index contributed by atoms with van der Waals surface area (Å²) < 4.78 is 18.9. The van der Waals surface area contributed by atoms with Crippen LogP contribution in [0.25, 0.3) is 0 Å². The average molecular weight is 286 g/mol. The summed E-state index contributed by atoms with van der Waals surface area (Å²) >= 11 is 0. The van der Waals surface area contributed by atoms with Gasteiger partial charge in [-0.3, -0.25) is 14.3 Å². The Morgan fingerprint density at radius 2 is 2.20 bits per heavy atom. The molecule has 2 heterocycles. The number of aromatic nitrogens is 2. The van der Waals surface area contributed by atoms with Crippen LogP contribution in [-0.4, -0.2) is 49.3 Å². The van der Waals surface area contributed by atoms with E-state index >= 15 is 0 Å². The van der Waals surface area contributed by atoms with Crippen molar-refractivity contribution >= 4 is 0 Å². The fourth-order valence-electron chi connectivity index (χ4n) is 1.95. The number of H-pyrrole nitrogens is 1. The molecule has 0 saturated carbocycles. The molecular formula is C11H11FN2O6. The minimum Gasteiger partial charge on any atom is -0.392 e. The lowest BCUT2D eigenvalue weighted by atomic mass is 9.97. The molecule has 0 radical (unpaired) electrons. The van der Waals surface area contributed by atoms with E-state index in [1.165, 1.54) is 0 Å². The monoisotopic (exact) mass is 286 g/mol. The van der Waals surface area contributed by atoms with Crippen LogP contribution in [0.15, 0.2) is 15.8 Å². The maximum atomic E-state index is 13.2. The Morgan fingerprint density at radius 1 is 1.55 bits per heavy atom. The molecule has 2 rings (SSSR count). The van der Waals surface area contributed by atoms with Gasteiger partial charge in [0.15, 0.2) is 11.8 Å². The van der Waals surface area contributed by atoms with Crippen LogP contribution in [0.3, 0.4) is 0 Å². The molecule has 1 aromatic heterocycles. The Hall–Kier alpha value is -1.99. The van der Waals surface area contributed by atoms with Crippen molar-refractivity contribution in [2.75, 3.05) is 6.61 Å². The summed E-state index contributed by atoms with van der Waals surface area (Å²) in [5.74, 6) is 0.709. The maximum absolute atomic E-state index is 13.2. The molecule has 0 bridgehead atoms. The molecule has 0 amide bonds. The third-order valence-electron chi connectivity index (χ3n) is 3.10. The van der Waals surface area contributed by atoms with Crippen molar-refractivity contribution in [3.63, 3.8) is 0 Å². The number of hydrogen-bond donors (Lipinski definition) is 4. The van der Waals surface area contributed by atoms with Gasteiger partial charge in [0.2, 0.25) is 5.82 Å². The molecule has 4 atom stereocenters. The first-order valence-electron chi connectivity index (χ1n) is 5.50. The van der Waals surface area contributed by atoms with E-state index in [0.29, 0.717) is 10.8 Å². The Kier molecular flexibility index (Phi) is 3.49. The number of nitrogens with zero attached hydrogens (tertiary/aromatic N) is 1. The van der Waals surface area contributed by atoms with Gasteiger partial charge in [0.1, 0.15) is 12.2 Å². The zero-order valence-electron chi connectivity index (χ0n) is 9.99. The number of hydrogen-bond acceptors (Lipinski definition) is 6. The van der Waals surface area contributed by atoms with Crippen LogP contribution < -0.4 is 11.2 Å². The molecular weight excluding hydrogens is 275 g/mol. The van der Waals surface area contributed by atoms with E-state index in [1.54, 1.807) is 4.98 Å². The molecule has 9 heteroatoms. The summed E-state index contributed by atoms with van der Waals surface area (Å²) in [6, 6.07) is 0. The van der Waals surface area contributed by atoms with E-state index in [1.807, 2.05) is 5.92 Å². The van der Waals surface area contributed by atoms with Gasteiger partial charge >= 0.3 is 5.69 Å². The second kappa shape index (κ2) is 4.84. The third-order valence-corrected chi connectivity index (χ3v) is 3.10. The predicted molar refractivity (Wildman–Crippen MR) is 62.1 cm³/mol. The smallest absolute Gasteiger partial charge is 0.330 e. The number of aliphatic hydroxyl groups excluding tert-OH is 3. The molecule has 0 unspecified atom stereocenters. The lowest BCUT2D eigenvalue weighted by Crippen LogP contribution is -2.45. The highest BCUT2D eigenvalue weighted by atomic mass is 19.1. The van der Waals surface area contributed by atoms with Crippen molar-refractivity contribution in [2.45, 2.75) is 24.0 Å². The molecule has 0 spiro atoms. The first-order chi connectivity index (χ1) is 9.36. The summed E-state index contributed by atoms with van der Waals surface area (Å²) in [7, 11) is 0. The SMILES string of the molecule is C#C[C@]1(CO)O[C@@H](n2cc(F)c(=O)[nH]c2=O)[C@@H](O)[C@@H]1O. The van der Waals surface area contributed by atoms with Crippen LogP contribution in [0.2, 0.25) is 0 Å². The van der Waals surface area contributed by atoms with Gasteiger partial charge in [-0.2, -0.15) is 4.39 Å². The Bertz CT molecular complexity index is 677. The van der Waals surface area contributed by atoms with E-state index < -0.39 is 47.7 Å². The second-order valence-corrected chi connectivity index (χ2v) is 4.28. The highest BCUT2D eigenvalue weighted by Crippen LogP contribution is 2.35. The Labute approximate surface area is 111 Å². The van der Waals surface area contributed by atoms with Gasteiger partial charge in [-0.05, 0) is 0 Å². The molecule has 20 heavy (non-hydrogen) atoms. The number of ether oxygens (including phenoxy) is 1. The van der Waals surface area contributed by atoms with Gasteiger partial charge in [0, 0.05) is 0 Å². The molecule has 1 aliphatic heterocycles. The van der Waals surface area contributed by atoms with E-state index in [-0.39, 0.29) is 0 Å². The quantitative estimate of drug-likeness (QED) is 0.438. The summed E-state index contributed by atoms with van der Waals surface area (Å²) in [4.78, 5) is 24.2. The number of rotatable bonds is 2. The lowest BCUT2D eigenvalue weighted by molar-refractivity contribution is -0.0939. The molecule has 0 aliphatic carbocycles. The molecule has 1 saturated heterocycles. The number of aromatic amines is 1. The molecule has 0 aromatic carbocycles. The van der Waals surface area contributed by atoms with Crippen LogP contribution in [0.4, 0.5) is 4.39 Å². The van der Waals surface area contributed by atoms with Crippen molar-refractivity contribution in [3.8, 4) is 12.3 Å². The fraction of sp³-hybridized carbons (Fsp3) is 0.455. The highest BCUT2D eigenvalue weighted by molar-refractivity contribution is 5.18. The van der Waals surface area contributed by atoms with E-state index in [2.05, 4.69) is 0 Å². The number of nitrogens with one attached hydrogen (secondary N) is 1. The largest absolute Gasteiger partial charge is 0.392 e. The van der Waals surface area contributed by atoms with E-state index in [4.69, 9.17) is 11.2 Å². The normalized spacial score (nSPS) is 33.0. The van der Waals surface area contributed by atoms with E-state index in [0.717, 1.165) is 0 Å². The summed E-state index contributed by atoms with van der Waals surface area (Å²) in [5, 5.41) is 28.8. The van der Waals surface area contributed by atoms with Crippen molar-refractivity contribution < 1.29 is 24.4 Å². The topological polar surface area (TPSA) is 125 Å². The predicted octanol–water partition coefficient (Wildman–Crippen LogP) is -2.71. The zero-order chi connectivity index (χ0) is 15.1. The number of aliphatic hydroxyl groups is 3. The van der Waals surface area contributed by atoms with Crippen LogP contribution in [-0.2, 0) is 4.74 Å². The highest BCUT2D eigenvalue weighted by Gasteiger charge is 2.54. The standard InChI is InChI=1S/C11H11FN2O6/c1-2-11(4-15)7(17)6(16)9(20-11)14-3-5(12)8(18)13-10(14)19/h1,3,6-7,9,15-17H,4H2,(H,13,18,19)/t6-,7-,9+,11+/m0/s1. The molecule has 1 aliphatic rings. The maximum Gasteiger partial charge on any atom is 0.330 e. The van der Waals surface area contributed by atoms with Crippen LogP contribution in [0.1, 0.15) is 6.23 Å². The lowest BCUT2D eigenvalue weighted by Gasteiger charge is -2.23. The average Bonchev–Trinajstić information content (AvgIpc) is 2.68.